The third-order valence-electron chi connectivity index (χ3n) is 2.09. The van der Waals surface area contributed by atoms with E-state index in [0.29, 0.717) is 13.2 Å². The third kappa shape index (κ3) is 4.99. The van der Waals surface area contributed by atoms with Crippen LogP contribution in [-0.4, -0.2) is 35.8 Å². The number of hydrogen-bond acceptors (Lipinski definition) is 4. The molecule has 1 aromatic carbocycles. The molecule has 0 aliphatic carbocycles. The minimum atomic E-state index is -0.410. The van der Waals surface area contributed by atoms with Gasteiger partial charge in [-0.25, -0.2) is 0 Å². The van der Waals surface area contributed by atoms with Gasteiger partial charge in [0.15, 0.2) is 0 Å². The standard InChI is InChI=1S/C12H18O3S/c1-10(14)11-2-4-12(5-3-11)16-9-8-15-7-6-13/h2-5,10,13-14H,6-9H2,1H3. The zero-order valence-electron chi connectivity index (χ0n) is 9.43. The lowest BCUT2D eigenvalue weighted by Gasteiger charge is -2.06. The van der Waals surface area contributed by atoms with Crippen molar-refractivity contribution < 1.29 is 14.9 Å². The molecule has 0 fully saturated rings. The van der Waals surface area contributed by atoms with Crippen LogP contribution in [0.5, 0.6) is 0 Å². The molecule has 1 unspecified atom stereocenters. The van der Waals surface area contributed by atoms with Gasteiger partial charge in [0.05, 0.1) is 25.9 Å². The molecule has 1 atom stereocenters. The van der Waals surface area contributed by atoms with E-state index in [1.165, 1.54) is 0 Å². The Morgan fingerprint density at radius 2 is 1.94 bits per heavy atom. The monoisotopic (exact) mass is 242 g/mol. The van der Waals surface area contributed by atoms with Crippen LogP contribution in [0.4, 0.5) is 0 Å². The molecule has 2 N–H and O–H groups in total. The molecule has 4 heteroatoms. The second-order valence-electron chi connectivity index (χ2n) is 3.43. The highest BCUT2D eigenvalue weighted by Crippen LogP contribution is 2.20. The number of rotatable bonds is 7. The number of ether oxygens (including phenoxy) is 1. The van der Waals surface area contributed by atoms with Crippen molar-refractivity contribution in [2.24, 2.45) is 0 Å². The van der Waals surface area contributed by atoms with Gasteiger partial charge in [-0.15, -0.1) is 11.8 Å². The summed E-state index contributed by atoms with van der Waals surface area (Å²) in [5.74, 6) is 0.869. The number of hydrogen-bond donors (Lipinski definition) is 2. The van der Waals surface area contributed by atoms with Crippen molar-refractivity contribution in [3.05, 3.63) is 29.8 Å². The van der Waals surface area contributed by atoms with Crippen LogP contribution in [0.3, 0.4) is 0 Å². The van der Waals surface area contributed by atoms with E-state index in [0.717, 1.165) is 16.2 Å². The predicted molar refractivity (Wildman–Crippen MR) is 65.7 cm³/mol. The fraction of sp³-hybridized carbons (Fsp3) is 0.500. The first-order chi connectivity index (χ1) is 7.74. The third-order valence-corrected chi connectivity index (χ3v) is 3.07. The topological polar surface area (TPSA) is 49.7 Å². The van der Waals surface area contributed by atoms with Crippen LogP contribution in [-0.2, 0) is 4.74 Å². The van der Waals surface area contributed by atoms with Gasteiger partial charge in [-0.3, -0.25) is 0 Å². The Balaban J connectivity index is 2.27. The van der Waals surface area contributed by atoms with Crippen LogP contribution < -0.4 is 0 Å². The number of aliphatic hydroxyl groups excluding tert-OH is 2. The molecule has 0 spiro atoms. The van der Waals surface area contributed by atoms with Gasteiger partial charge < -0.3 is 14.9 Å². The highest BCUT2D eigenvalue weighted by Gasteiger charge is 2.00. The Bertz CT molecular complexity index is 285. The van der Waals surface area contributed by atoms with Crippen LogP contribution >= 0.6 is 11.8 Å². The maximum absolute atomic E-state index is 9.34. The number of aliphatic hydroxyl groups is 2. The van der Waals surface area contributed by atoms with Gasteiger partial charge in [0.1, 0.15) is 0 Å². The van der Waals surface area contributed by atoms with E-state index in [-0.39, 0.29) is 6.61 Å². The van der Waals surface area contributed by atoms with Crippen LogP contribution in [0.2, 0.25) is 0 Å². The average Bonchev–Trinajstić information content (AvgIpc) is 2.29. The molecule has 1 rings (SSSR count). The minimum absolute atomic E-state index is 0.0771. The van der Waals surface area contributed by atoms with E-state index in [4.69, 9.17) is 9.84 Å². The quantitative estimate of drug-likeness (QED) is 0.566. The normalized spacial score (nSPS) is 12.7. The fourth-order valence-corrected chi connectivity index (χ4v) is 1.99. The predicted octanol–water partition coefficient (Wildman–Crippen LogP) is 1.84. The SMILES string of the molecule is CC(O)c1ccc(SCCOCCO)cc1. The molecule has 0 radical (unpaired) electrons. The molecule has 0 bridgehead atoms. The number of thioether (sulfide) groups is 1. The molecule has 0 aliphatic heterocycles. The van der Waals surface area contributed by atoms with Crippen LogP contribution in [0.25, 0.3) is 0 Å². The second-order valence-corrected chi connectivity index (χ2v) is 4.60. The van der Waals surface area contributed by atoms with Crippen LogP contribution in [0.15, 0.2) is 29.2 Å². The molecule has 1 aromatic rings. The first kappa shape index (κ1) is 13.5. The van der Waals surface area contributed by atoms with Crippen molar-refractivity contribution in [2.75, 3.05) is 25.6 Å². The first-order valence-corrected chi connectivity index (χ1v) is 6.32. The highest BCUT2D eigenvalue weighted by atomic mass is 32.2. The van der Waals surface area contributed by atoms with Crippen molar-refractivity contribution in [2.45, 2.75) is 17.9 Å². The van der Waals surface area contributed by atoms with E-state index < -0.39 is 6.10 Å². The first-order valence-electron chi connectivity index (χ1n) is 5.33. The fourth-order valence-electron chi connectivity index (χ4n) is 1.23. The van der Waals surface area contributed by atoms with E-state index in [1.807, 2.05) is 24.3 Å². The Morgan fingerprint density at radius 1 is 1.25 bits per heavy atom. The smallest absolute Gasteiger partial charge is 0.0761 e. The van der Waals surface area contributed by atoms with Gasteiger partial charge in [-0.1, -0.05) is 12.1 Å². The van der Waals surface area contributed by atoms with Gasteiger partial charge in [-0.2, -0.15) is 0 Å². The summed E-state index contributed by atoms with van der Waals surface area (Å²) in [6, 6.07) is 7.86. The van der Waals surface area contributed by atoms with E-state index >= 15 is 0 Å². The van der Waals surface area contributed by atoms with Gasteiger partial charge in [0.2, 0.25) is 0 Å². The lowest BCUT2D eigenvalue weighted by Crippen LogP contribution is -2.02. The average molecular weight is 242 g/mol. The summed E-state index contributed by atoms with van der Waals surface area (Å²) >= 11 is 1.70. The summed E-state index contributed by atoms with van der Waals surface area (Å²) in [6.45, 7) is 2.88. The molecule has 0 aromatic heterocycles. The van der Waals surface area contributed by atoms with Crippen LogP contribution in [0, 0.1) is 0 Å². The van der Waals surface area contributed by atoms with Crippen molar-refractivity contribution >= 4 is 11.8 Å². The van der Waals surface area contributed by atoms with Gasteiger partial charge in [0, 0.05) is 10.6 Å². The Hall–Kier alpha value is -0.550. The molecular weight excluding hydrogens is 224 g/mol. The second kappa shape index (κ2) is 7.68. The summed E-state index contributed by atoms with van der Waals surface area (Å²) in [5.41, 5.74) is 0.931. The van der Waals surface area contributed by atoms with E-state index in [2.05, 4.69) is 0 Å². The summed E-state index contributed by atoms with van der Waals surface area (Å²) in [7, 11) is 0. The van der Waals surface area contributed by atoms with E-state index in [9.17, 15) is 5.11 Å². The number of benzene rings is 1. The zero-order valence-corrected chi connectivity index (χ0v) is 10.2. The lowest BCUT2D eigenvalue weighted by molar-refractivity contribution is 0.103. The summed E-state index contributed by atoms with van der Waals surface area (Å²) in [5, 5.41) is 17.8. The largest absolute Gasteiger partial charge is 0.394 e. The summed E-state index contributed by atoms with van der Waals surface area (Å²) in [6.07, 6.45) is -0.410. The molecule has 0 amide bonds. The molecular formula is C12H18O3S. The molecule has 3 nitrogen and oxygen atoms in total. The van der Waals surface area contributed by atoms with Crippen molar-refractivity contribution in [1.29, 1.82) is 0 Å². The maximum Gasteiger partial charge on any atom is 0.0761 e. The van der Waals surface area contributed by atoms with Gasteiger partial charge >= 0.3 is 0 Å². The Labute approximate surface area is 100 Å². The molecule has 0 aliphatic rings. The minimum Gasteiger partial charge on any atom is -0.394 e. The van der Waals surface area contributed by atoms with E-state index in [1.54, 1.807) is 18.7 Å². The van der Waals surface area contributed by atoms with Crippen molar-refractivity contribution in [1.82, 2.24) is 0 Å². The lowest BCUT2D eigenvalue weighted by atomic mass is 10.1. The van der Waals surface area contributed by atoms with Crippen molar-refractivity contribution in [3.8, 4) is 0 Å². The zero-order chi connectivity index (χ0) is 11.8. The summed E-state index contributed by atoms with van der Waals surface area (Å²) < 4.78 is 5.16. The molecule has 0 saturated carbocycles. The molecule has 0 saturated heterocycles. The Morgan fingerprint density at radius 3 is 2.50 bits per heavy atom. The van der Waals surface area contributed by atoms with Gasteiger partial charge in [0.25, 0.3) is 0 Å². The van der Waals surface area contributed by atoms with Gasteiger partial charge in [-0.05, 0) is 24.6 Å². The molecule has 16 heavy (non-hydrogen) atoms. The van der Waals surface area contributed by atoms with Crippen molar-refractivity contribution in [3.63, 3.8) is 0 Å². The Kier molecular flexibility index (Phi) is 6.49. The molecule has 90 valence electrons. The maximum atomic E-state index is 9.34. The summed E-state index contributed by atoms with van der Waals surface area (Å²) in [4.78, 5) is 1.16. The highest BCUT2D eigenvalue weighted by molar-refractivity contribution is 7.99. The van der Waals surface area contributed by atoms with Crippen LogP contribution in [0.1, 0.15) is 18.6 Å². The molecule has 0 heterocycles.